The molecule has 28 heavy (non-hydrogen) atoms. The Balaban J connectivity index is 1.69. The van der Waals surface area contributed by atoms with E-state index in [1.54, 1.807) is 11.3 Å². The first kappa shape index (κ1) is 19.6. The SMILES string of the molecule is CC(C)(C)[C@@H]1CCc2c(sc(NC(=O)c3cccs3)c2C(=O)N2CCCC2)C1. The van der Waals surface area contributed by atoms with Crippen molar-refractivity contribution >= 4 is 39.5 Å². The average Bonchev–Trinajstić information content (AvgIpc) is 3.39. The molecule has 0 saturated carbocycles. The Bertz CT molecular complexity index is 871. The van der Waals surface area contributed by atoms with Gasteiger partial charge in [0.2, 0.25) is 0 Å². The van der Waals surface area contributed by atoms with E-state index in [2.05, 4.69) is 26.1 Å². The number of nitrogens with one attached hydrogen (secondary N) is 1. The van der Waals surface area contributed by atoms with E-state index in [-0.39, 0.29) is 17.2 Å². The maximum Gasteiger partial charge on any atom is 0.266 e. The van der Waals surface area contributed by atoms with Crippen LogP contribution in [-0.4, -0.2) is 29.8 Å². The first-order valence-electron chi connectivity index (χ1n) is 10.1. The number of nitrogens with zero attached hydrogens (tertiary/aromatic N) is 1. The maximum absolute atomic E-state index is 13.3. The Hall–Kier alpha value is -1.66. The van der Waals surface area contributed by atoms with Crippen LogP contribution >= 0.6 is 22.7 Å². The first-order chi connectivity index (χ1) is 13.3. The van der Waals surface area contributed by atoms with Crippen molar-refractivity contribution in [1.29, 1.82) is 0 Å². The quantitative estimate of drug-likeness (QED) is 0.723. The third-order valence-corrected chi connectivity index (χ3v) is 8.11. The second-order valence-electron chi connectivity index (χ2n) is 8.94. The third-order valence-electron chi connectivity index (χ3n) is 6.07. The summed E-state index contributed by atoms with van der Waals surface area (Å²) in [6.07, 6.45) is 5.17. The Morgan fingerprint density at radius 2 is 1.96 bits per heavy atom. The Morgan fingerprint density at radius 3 is 2.61 bits per heavy atom. The van der Waals surface area contributed by atoms with Crippen LogP contribution in [0.1, 0.15) is 70.5 Å². The number of anilines is 1. The van der Waals surface area contributed by atoms with Crippen molar-refractivity contribution < 1.29 is 9.59 Å². The van der Waals surface area contributed by atoms with Crippen molar-refractivity contribution in [2.45, 2.75) is 52.9 Å². The molecular weight excluding hydrogens is 388 g/mol. The number of amides is 2. The van der Waals surface area contributed by atoms with Crippen LogP contribution in [0.15, 0.2) is 17.5 Å². The predicted molar refractivity (Wildman–Crippen MR) is 117 cm³/mol. The predicted octanol–water partition coefficient (Wildman–Crippen LogP) is 5.45. The van der Waals surface area contributed by atoms with Gasteiger partial charge in [-0.05, 0) is 60.4 Å². The van der Waals surface area contributed by atoms with Crippen LogP contribution < -0.4 is 5.32 Å². The molecule has 2 aliphatic rings. The lowest BCUT2D eigenvalue weighted by molar-refractivity contribution is 0.0792. The smallest absolute Gasteiger partial charge is 0.266 e. The van der Waals surface area contributed by atoms with Crippen LogP contribution in [0.2, 0.25) is 0 Å². The summed E-state index contributed by atoms with van der Waals surface area (Å²) >= 11 is 3.05. The van der Waals surface area contributed by atoms with Crippen LogP contribution in [0.5, 0.6) is 0 Å². The molecule has 1 N–H and O–H groups in total. The van der Waals surface area contributed by atoms with Crippen molar-refractivity contribution in [3.05, 3.63) is 38.4 Å². The van der Waals surface area contributed by atoms with E-state index in [4.69, 9.17) is 0 Å². The fraction of sp³-hybridized carbons (Fsp3) is 0.545. The zero-order valence-electron chi connectivity index (χ0n) is 16.8. The summed E-state index contributed by atoms with van der Waals surface area (Å²) in [7, 11) is 0. The van der Waals surface area contributed by atoms with Gasteiger partial charge in [0.15, 0.2) is 0 Å². The molecule has 0 radical (unpaired) electrons. The zero-order chi connectivity index (χ0) is 19.9. The Kier molecular flexibility index (Phi) is 5.36. The molecule has 4 nitrogen and oxygen atoms in total. The molecule has 1 saturated heterocycles. The molecule has 150 valence electrons. The van der Waals surface area contributed by atoms with E-state index in [1.807, 2.05) is 22.4 Å². The second kappa shape index (κ2) is 7.64. The van der Waals surface area contributed by atoms with Crippen LogP contribution in [0.4, 0.5) is 5.00 Å². The van der Waals surface area contributed by atoms with Gasteiger partial charge >= 0.3 is 0 Å². The summed E-state index contributed by atoms with van der Waals surface area (Å²) in [5.74, 6) is 0.594. The van der Waals surface area contributed by atoms with E-state index < -0.39 is 0 Å². The van der Waals surface area contributed by atoms with Gasteiger partial charge in [0, 0.05) is 18.0 Å². The molecule has 1 fully saturated rings. The zero-order valence-corrected chi connectivity index (χ0v) is 18.5. The lowest BCUT2D eigenvalue weighted by atomic mass is 9.72. The number of carbonyl (C=O) groups is 2. The molecule has 2 amide bonds. The first-order valence-corrected chi connectivity index (χ1v) is 11.8. The molecule has 2 aromatic rings. The Morgan fingerprint density at radius 1 is 1.21 bits per heavy atom. The van der Waals surface area contributed by atoms with Crippen molar-refractivity contribution in [1.82, 2.24) is 4.90 Å². The maximum atomic E-state index is 13.3. The van der Waals surface area contributed by atoms with E-state index in [0.717, 1.165) is 55.8 Å². The third kappa shape index (κ3) is 3.77. The largest absolute Gasteiger partial charge is 0.339 e. The summed E-state index contributed by atoms with van der Waals surface area (Å²) < 4.78 is 0. The summed E-state index contributed by atoms with van der Waals surface area (Å²) in [4.78, 5) is 29.9. The van der Waals surface area contributed by atoms with Gasteiger partial charge < -0.3 is 10.2 Å². The summed E-state index contributed by atoms with van der Waals surface area (Å²) in [6.45, 7) is 8.54. The van der Waals surface area contributed by atoms with Crippen molar-refractivity contribution in [3.63, 3.8) is 0 Å². The fourth-order valence-electron chi connectivity index (χ4n) is 4.29. The highest BCUT2D eigenvalue weighted by Crippen LogP contribution is 2.45. The number of carbonyl (C=O) groups excluding carboxylic acids is 2. The van der Waals surface area contributed by atoms with Crippen LogP contribution in [0.25, 0.3) is 0 Å². The van der Waals surface area contributed by atoms with E-state index >= 15 is 0 Å². The second-order valence-corrected chi connectivity index (χ2v) is 11.0. The number of hydrogen-bond acceptors (Lipinski definition) is 4. The van der Waals surface area contributed by atoms with Crippen LogP contribution in [-0.2, 0) is 12.8 Å². The molecule has 2 aromatic heterocycles. The minimum absolute atomic E-state index is 0.102. The fourth-order valence-corrected chi connectivity index (χ4v) is 6.22. The molecule has 4 rings (SSSR count). The number of fused-ring (bicyclic) bond motifs is 1. The van der Waals surface area contributed by atoms with Gasteiger partial charge in [-0.2, -0.15) is 0 Å². The van der Waals surface area contributed by atoms with Crippen molar-refractivity contribution in [2.75, 3.05) is 18.4 Å². The molecule has 0 unspecified atom stereocenters. The van der Waals surface area contributed by atoms with Gasteiger partial charge in [-0.3, -0.25) is 9.59 Å². The molecule has 0 spiro atoms. The highest BCUT2D eigenvalue weighted by molar-refractivity contribution is 7.17. The minimum atomic E-state index is -0.114. The van der Waals surface area contributed by atoms with Crippen molar-refractivity contribution in [2.24, 2.45) is 11.3 Å². The van der Waals surface area contributed by atoms with Gasteiger partial charge in [-0.1, -0.05) is 26.8 Å². The molecular formula is C22H28N2O2S2. The highest BCUT2D eigenvalue weighted by atomic mass is 32.1. The standard InChI is InChI=1S/C22H28N2O2S2/c1-22(2,3)14-8-9-15-17(13-14)28-20(23-19(25)16-7-6-12-27-16)18(15)21(26)24-10-4-5-11-24/h6-7,12,14H,4-5,8-11,13H2,1-3H3,(H,23,25)/t14-/m1/s1. The average molecular weight is 417 g/mol. The number of rotatable bonds is 3. The monoisotopic (exact) mass is 416 g/mol. The minimum Gasteiger partial charge on any atom is -0.339 e. The van der Waals surface area contributed by atoms with Gasteiger partial charge in [-0.15, -0.1) is 22.7 Å². The lowest BCUT2D eigenvalue weighted by Gasteiger charge is -2.34. The molecule has 1 atom stereocenters. The molecule has 3 heterocycles. The van der Waals surface area contributed by atoms with E-state index in [1.165, 1.54) is 21.8 Å². The number of likely N-dealkylation sites (tertiary alicyclic amines) is 1. The lowest BCUT2D eigenvalue weighted by Crippen LogP contribution is -2.30. The van der Waals surface area contributed by atoms with Crippen LogP contribution in [0, 0.1) is 11.3 Å². The van der Waals surface area contributed by atoms with Gasteiger partial charge in [-0.25, -0.2) is 0 Å². The molecule has 1 aliphatic carbocycles. The molecule has 1 aliphatic heterocycles. The summed E-state index contributed by atoms with van der Waals surface area (Å²) in [6, 6.07) is 3.70. The summed E-state index contributed by atoms with van der Waals surface area (Å²) in [5, 5.41) is 5.72. The van der Waals surface area contributed by atoms with E-state index in [0.29, 0.717) is 10.8 Å². The Labute approximate surface area is 174 Å². The number of hydrogen-bond donors (Lipinski definition) is 1. The highest BCUT2D eigenvalue weighted by Gasteiger charge is 2.35. The topological polar surface area (TPSA) is 49.4 Å². The van der Waals surface area contributed by atoms with Crippen LogP contribution in [0.3, 0.4) is 0 Å². The number of thiophene rings is 2. The van der Waals surface area contributed by atoms with E-state index in [9.17, 15) is 9.59 Å². The molecule has 0 aromatic carbocycles. The van der Waals surface area contributed by atoms with Gasteiger partial charge in [0.05, 0.1) is 10.4 Å². The molecule has 6 heteroatoms. The van der Waals surface area contributed by atoms with Crippen molar-refractivity contribution in [3.8, 4) is 0 Å². The summed E-state index contributed by atoms with van der Waals surface area (Å²) in [5.41, 5.74) is 2.20. The normalized spacial score (nSPS) is 19.5. The van der Waals surface area contributed by atoms with Gasteiger partial charge in [0.25, 0.3) is 11.8 Å². The van der Waals surface area contributed by atoms with Gasteiger partial charge in [0.1, 0.15) is 5.00 Å². The molecule has 0 bridgehead atoms.